The molecule has 5 aliphatic rings. The number of fused-ring (bicyclic) bond motifs is 3. The quantitative estimate of drug-likeness (QED) is 0.605. The summed E-state index contributed by atoms with van der Waals surface area (Å²) in [6, 6.07) is 0.241. The van der Waals surface area contributed by atoms with Crippen LogP contribution in [0, 0.1) is 23.7 Å². The van der Waals surface area contributed by atoms with Crippen molar-refractivity contribution in [2.24, 2.45) is 35.1 Å². The zero-order valence-electron chi connectivity index (χ0n) is 16.9. The predicted octanol–water partition coefficient (Wildman–Crippen LogP) is 2.40. The van der Waals surface area contributed by atoms with Gasteiger partial charge in [0.15, 0.2) is 0 Å². The van der Waals surface area contributed by atoms with E-state index in [-0.39, 0.29) is 30.0 Å². The van der Waals surface area contributed by atoms with Crippen LogP contribution in [-0.2, 0) is 4.74 Å². The van der Waals surface area contributed by atoms with Gasteiger partial charge in [0.2, 0.25) is 0 Å². The molecule has 5 nitrogen and oxygen atoms in total. The maximum absolute atomic E-state index is 9.96. The van der Waals surface area contributed by atoms with Crippen LogP contribution in [0.2, 0.25) is 0 Å². The number of hydrogen-bond donors (Lipinski definition) is 4. The lowest BCUT2D eigenvalue weighted by molar-refractivity contribution is -0.270. The molecule has 27 heavy (non-hydrogen) atoms. The lowest BCUT2D eigenvalue weighted by Crippen LogP contribution is -2.66. The van der Waals surface area contributed by atoms with E-state index in [1.165, 1.54) is 18.4 Å². The van der Waals surface area contributed by atoms with E-state index in [1.807, 2.05) is 6.08 Å². The SMILES string of the molecule is CC1(C)OC2(C3CC(CO)CC(CC4=CNC(N)C=C4)C3)CCC1C(N)C2. The summed E-state index contributed by atoms with van der Waals surface area (Å²) in [7, 11) is 0. The first-order valence-electron chi connectivity index (χ1n) is 10.8. The summed E-state index contributed by atoms with van der Waals surface area (Å²) < 4.78 is 6.80. The van der Waals surface area contributed by atoms with E-state index in [1.54, 1.807) is 0 Å². The second kappa shape index (κ2) is 7.18. The van der Waals surface area contributed by atoms with Crippen molar-refractivity contribution in [3.8, 4) is 0 Å². The standard InChI is InChI=1S/C22H37N3O2/c1-21(2)18-5-6-22(27-21,11-19(18)23)17-9-15(8-16(10-17)13-26)7-14-3-4-20(24)25-12-14/h3-4,12,15-20,25-26H,5-11,13,23-24H2,1-2H3. The molecule has 0 radical (unpaired) electrons. The van der Waals surface area contributed by atoms with Gasteiger partial charge >= 0.3 is 0 Å². The first kappa shape index (κ1) is 19.4. The monoisotopic (exact) mass is 375 g/mol. The minimum absolute atomic E-state index is 0.0773. The minimum atomic E-state index is -0.133. The molecule has 3 heterocycles. The van der Waals surface area contributed by atoms with E-state index < -0.39 is 0 Å². The minimum Gasteiger partial charge on any atom is -0.396 e. The lowest BCUT2D eigenvalue weighted by Gasteiger charge is -2.61. The van der Waals surface area contributed by atoms with Crippen LogP contribution in [0.5, 0.6) is 0 Å². The summed E-state index contributed by atoms with van der Waals surface area (Å²) in [6.45, 7) is 4.72. The topological polar surface area (TPSA) is 93.5 Å². The average molecular weight is 376 g/mol. The number of ether oxygens (including phenoxy) is 1. The van der Waals surface area contributed by atoms with E-state index in [0.29, 0.717) is 23.7 Å². The molecule has 6 N–H and O–H groups in total. The largest absolute Gasteiger partial charge is 0.396 e. The number of rotatable bonds is 4. The molecule has 5 rings (SSSR count). The van der Waals surface area contributed by atoms with Gasteiger partial charge in [-0.3, -0.25) is 0 Å². The molecule has 7 atom stereocenters. The number of dihydropyridines is 1. The van der Waals surface area contributed by atoms with Gasteiger partial charge in [0.05, 0.1) is 17.4 Å². The van der Waals surface area contributed by atoms with Crippen LogP contribution in [0.3, 0.4) is 0 Å². The van der Waals surface area contributed by atoms with Gasteiger partial charge in [0.1, 0.15) is 0 Å². The van der Waals surface area contributed by atoms with Crippen LogP contribution < -0.4 is 16.8 Å². The summed E-state index contributed by atoms with van der Waals surface area (Å²) in [4.78, 5) is 0. The number of hydrogen-bond acceptors (Lipinski definition) is 5. The number of allylic oxidation sites excluding steroid dienone is 2. The van der Waals surface area contributed by atoms with Crippen LogP contribution in [0.4, 0.5) is 0 Å². The highest BCUT2D eigenvalue weighted by atomic mass is 16.5. The summed E-state index contributed by atoms with van der Waals surface area (Å²) >= 11 is 0. The van der Waals surface area contributed by atoms with E-state index in [2.05, 4.69) is 31.4 Å². The first-order valence-corrected chi connectivity index (χ1v) is 10.8. The number of nitrogens with one attached hydrogen (secondary N) is 1. The third-order valence-corrected chi connectivity index (χ3v) is 7.74. The summed E-state index contributed by atoms with van der Waals surface area (Å²) in [5.74, 6) is 1.91. The molecule has 2 saturated heterocycles. The molecule has 0 spiro atoms. The Balaban J connectivity index is 1.51. The van der Waals surface area contributed by atoms with Crippen molar-refractivity contribution in [1.82, 2.24) is 5.32 Å². The van der Waals surface area contributed by atoms with E-state index in [4.69, 9.17) is 16.2 Å². The van der Waals surface area contributed by atoms with Gasteiger partial charge in [-0.15, -0.1) is 0 Å². The second-order valence-corrected chi connectivity index (χ2v) is 10.1. The number of aliphatic hydroxyl groups is 1. The smallest absolute Gasteiger partial charge is 0.0934 e. The molecule has 0 amide bonds. The fourth-order valence-corrected chi connectivity index (χ4v) is 6.57. The van der Waals surface area contributed by atoms with Crippen molar-refractivity contribution in [2.75, 3.05) is 6.61 Å². The van der Waals surface area contributed by atoms with Gasteiger partial charge in [0, 0.05) is 24.8 Å². The third-order valence-electron chi connectivity index (χ3n) is 7.74. The van der Waals surface area contributed by atoms with Crippen LogP contribution in [0.15, 0.2) is 23.9 Å². The molecular formula is C22H37N3O2. The van der Waals surface area contributed by atoms with E-state index in [0.717, 1.165) is 32.1 Å². The Labute approximate surface area is 163 Å². The fourth-order valence-electron chi connectivity index (χ4n) is 6.57. The third kappa shape index (κ3) is 3.71. The van der Waals surface area contributed by atoms with Gasteiger partial charge in [-0.25, -0.2) is 0 Å². The summed E-state index contributed by atoms with van der Waals surface area (Å²) in [5, 5.41) is 13.2. The van der Waals surface area contributed by atoms with Crippen molar-refractivity contribution < 1.29 is 9.84 Å². The second-order valence-electron chi connectivity index (χ2n) is 10.1. The molecule has 2 bridgehead atoms. The Morgan fingerprint density at radius 3 is 2.63 bits per heavy atom. The molecule has 3 aliphatic heterocycles. The van der Waals surface area contributed by atoms with Crippen LogP contribution >= 0.6 is 0 Å². The highest BCUT2D eigenvalue weighted by Crippen LogP contribution is 2.56. The number of nitrogens with two attached hydrogens (primary N) is 2. The van der Waals surface area contributed by atoms with Crippen LogP contribution in [0.1, 0.15) is 58.8 Å². The highest BCUT2D eigenvalue weighted by Gasteiger charge is 2.58. The van der Waals surface area contributed by atoms with Gasteiger partial charge in [0.25, 0.3) is 0 Å². The highest BCUT2D eigenvalue weighted by molar-refractivity contribution is 5.24. The molecule has 4 fully saturated rings. The van der Waals surface area contributed by atoms with Crippen molar-refractivity contribution in [3.05, 3.63) is 23.9 Å². The molecule has 0 aromatic carbocycles. The summed E-state index contributed by atoms with van der Waals surface area (Å²) in [6.07, 6.45) is 13.8. The average Bonchev–Trinajstić information content (AvgIpc) is 2.62. The maximum atomic E-state index is 9.96. The van der Waals surface area contributed by atoms with Crippen LogP contribution in [0.25, 0.3) is 0 Å². The first-order chi connectivity index (χ1) is 12.8. The normalized spacial score (nSPS) is 46.0. The Morgan fingerprint density at radius 2 is 2.00 bits per heavy atom. The zero-order valence-corrected chi connectivity index (χ0v) is 16.9. The van der Waals surface area contributed by atoms with Crippen molar-refractivity contribution in [2.45, 2.75) is 82.2 Å². The Morgan fingerprint density at radius 1 is 1.22 bits per heavy atom. The Kier molecular flexibility index (Phi) is 5.17. The van der Waals surface area contributed by atoms with E-state index >= 15 is 0 Å². The molecule has 2 saturated carbocycles. The van der Waals surface area contributed by atoms with Gasteiger partial charge in [-0.1, -0.05) is 6.08 Å². The van der Waals surface area contributed by atoms with Gasteiger partial charge in [-0.05, 0) is 88.2 Å². The summed E-state index contributed by atoms with van der Waals surface area (Å²) in [5.41, 5.74) is 13.5. The molecule has 2 aliphatic carbocycles. The molecule has 152 valence electrons. The van der Waals surface area contributed by atoms with Crippen molar-refractivity contribution in [3.63, 3.8) is 0 Å². The zero-order chi connectivity index (χ0) is 19.2. The molecule has 7 unspecified atom stereocenters. The van der Waals surface area contributed by atoms with E-state index in [9.17, 15) is 5.11 Å². The fraction of sp³-hybridized carbons (Fsp3) is 0.818. The molecule has 0 aromatic rings. The van der Waals surface area contributed by atoms with Gasteiger partial charge < -0.3 is 26.6 Å². The Hall–Kier alpha value is -0.880. The van der Waals surface area contributed by atoms with Gasteiger partial charge in [-0.2, -0.15) is 0 Å². The molecule has 5 heteroatoms. The van der Waals surface area contributed by atoms with Crippen LogP contribution in [-0.4, -0.2) is 35.1 Å². The maximum Gasteiger partial charge on any atom is 0.0934 e. The lowest BCUT2D eigenvalue weighted by atomic mass is 9.57. The Bertz CT molecular complexity index is 617. The predicted molar refractivity (Wildman–Crippen MR) is 108 cm³/mol. The molecular weight excluding hydrogens is 338 g/mol. The van der Waals surface area contributed by atoms with Crippen molar-refractivity contribution in [1.29, 1.82) is 0 Å². The number of aliphatic hydroxyl groups excluding tert-OH is 1. The molecule has 0 aromatic heterocycles. The van der Waals surface area contributed by atoms with Crippen molar-refractivity contribution >= 4 is 0 Å².